The number of alkyl halides is 1. The first-order valence-corrected chi connectivity index (χ1v) is 17.4. The lowest BCUT2D eigenvalue weighted by Gasteiger charge is -2.27. The molecule has 3 fully saturated rings. The lowest BCUT2D eigenvalue weighted by atomic mass is 10.1. The number of aromatic nitrogens is 6. The highest BCUT2D eigenvalue weighted by atomic mass is 35.5. The van der Waals surface area contributed by atoms with Gasteiger partial charge in [-0.1, -0.05) is 23.2 Å². The fraction of sp³-hybridized carbons (Fsp3) is 0.455. The number of nitrogens with zero attached hydrogens (tertiary/aromatic N) is 5. The van der Waals surface area contributed by atoms with E-state index in [0.29, 0.717) is 0 Å². The van der Waals surface area contributed by atoms with Crippen LogP contribution in [0, 0.1) is 0 Å². The molecule has 47 heavy (non-hydrogen) atoms. The second kappa shape index (κ2) is 12.0. The van der Waals surface area contributed by atoms with E-state index in [1.165, 1.54) is 16.7 Å². The zero-order valence-electron chi connectivity index (χ0n) is 23.0. The molecule has 6 heterocycles. The van der Waals surface area contributed by atoms with E-state index in [0.717, 1.165) is 10.9 Å². The first kappa shape index (κ1) is 33.2. The molecule has 254 valence electrons. The van der Waals surface area contributed by atoms with Crippen LogP contribution in [0.5, 0.6) is 0 Å². The molecular formula is C22H21Cl3FN7O12P2. The Labute approximate surface area is 275 Å². The number of nitrogen functional groups attached to an aromatic ring is 1. The average molecular weight is 763 g/mol. The Kier molecular flexibility index (Phi) is 8.46. The number of phosphoric acid groups is 2. The van der Waals surface area contributed by atoms with E-state index < -0.39 is 83.6 Å². The number of aliphatic hydroxyl groups excluding tert-OH is 1. The number of phosphoric ester groups is 2. The summed E-state index contributed by atoms with van der Waals surface area (Å²) in [5.41, 5.74) is 4.96. The van der Waals surface area contributed by atoms with Crippen LogP contribution in [0.25, 0.3) is 22.2 Å². The van der Waals surface area contributed by atoms with E-state index in [9.17, 15) is 28.8 Å². The lowest BCUT2D eigenvalue weighted by Crippen LogP contribution is -2.38. The van der Waals surface area contributed by atoms with Gasteiger partial charge < -0.3 is 30.1 Å². The molecule has 0 aliphatic carbocycles. The Morgan fingerprint density at radius 1 is 0.979 bits per heavy atom. The minimum Gasteiger partial charge on any atom is -0.386 e. The summed E-state index contributed by atoms with van der Waals surface area (Å²) in [6.07, 6.45) is -13.1. The van der Waals surface area contributed by atoms with Crippen molar-refractivity contribution >= 4 is 78.6 Å². The minimum absolute atomic E-state index is 0.110. The monoisotopic (exact) mass is 761 g/mol. The number of nitrogens with one attached hydrogen (secondary N) is 1. The number of halogens is 4. The van der Waals surface area contributed by atoms with Gasteiger partial charge in [0.15, 0.2) is 29.8 Å². The summed E-state index contributed by atoms with van der Waals surface area (Å²) in [5, 5.41) is 11.3. The van der Waals surface area contributed by atoms with Crippen molar-refractivity contribution in [3.05, 3.63) is 44.1 Å². The maximum atomic E-state index is 15.9. The molecule has 0 saturated carbocycles. The van der Waals surface area contributed by atoms with Crippen molar-refractivity contribution in [2.75, 3.05) is 18.9 Å². The third kappa shape index (κ3) is 6.00. The molecule has 0 bridgehead atoms. The Bertz CT molecular complexity index is 2050. The zero-order valence-corrected chi connectivity index (χ0v) is 27.1. The van der Waals surface area contributed by atoms with Crippen LogP contribution in [-0.4, -0.2) is 93.9 Å². The topological polar surface area (TPSA) is 258 Å². The summed E-state index contributed by atoms with van der Waals surface area (Å²) < 4.78 is 76.4. The number of H-pyrrole nitrogens is 1. The number of anilines is 1. The molecule has 19 nitrogen and oxygen atoms in total. The Balaban J connectivity index is 1.18. The number of benzene rings is 1. The second-order valence-electron chi connectivity index (χ2n) is 10.5. The predicted octanol–water partition coefficient (Wildman–Crippen LogP) is 2.22. The van der Waals surface area contributed by atoms with E-state index in [2.05, 4.69) is 19.9 Å². The molecule has 4 aromatic rings. The zero-order chi connectivity index (χ0) is 33.6. The van der Waals surface area contributed by atoms with Crippen LogP contribution in [0.4, 0.5) is 10.3 Å². The maximum Gasteiger partial charge on any atom is 0.472 e. The average Bonchev–Trinajstić information content (AvgIpc) is 3.70. The highest BCUT2D eigenvalue weighted by molar-refractivity contribution is 7.47. The Hall–Kier alpha value is -2.26. The molecule has 0 spiro atoms. The number of rotatable bonds is 2. The van der Waals surface area contributed by atoms with Gasteiger partial charge in [-0.2, -0.15) is 4.98 Å². The number of hydrogen-bond donors (Lipinski definition) is 5. The van der Waals surface area contributed by atoms with Gasteiger partial charge in [0.25, 0.3) is 5.56 Å². The van der Waals surface area contributed by atoms with Crippen LogP contribution < -0.4 is 11.3 Å². The van der Waals surface area contributed by atoms with Gasteiger partial charge in [0, 0.05) is 0 Å². The first-order chi connectivity index (χ1) is 22.1. The van der Waals surface area contributed by atoms with E-state index in [-0.39, 0.29) is 43.5 Å². The largest absolute Gasteiger partial charge is 0.472 e. The molecule has 6 N–H and O–H groups in total. The fourth-order valence-corrected chi connectivity index (χ4v) is 8.03. The van der Waals surface area contributed by atoms with Crippen LogP contribution in [0.3, 0.4) is 0 Å². The molecule has 3 aliphatic rings. The van der Waals surface area contributed by atoms with Gasteiger partial charge in [0.05, 0.1) is 40.6 Å². The molecule has 6 unspecified atom stereocenters. The molecule has 0 amide bonds. The number of hydrogen-bond acceptors (Lipinski definition) is 14. The summed E-state index contributed by atoms with van der Waals surface area (Å²) in [6.45, 7) is -1.83. The van der Waals surface area contributed by atoms with Gasteiger partial charge in [-0.3, -0.25) is 37.0 Å². The van der Waals surface area contributed by atoms with Gasteiger partial charge in [-0.25, -0.2) is 23.5 Å². The number of aliphatic hydroxyl groups is 1. The summed E-state index contributed by atoms with van der Waals surface area (Å²) >= 11 is 18.5. The van der Waals surface area contributed by atoms with Gasteiger partial charge >= 0.3 is 15.6 Å². The smallest absolute Gasteiger partial charge is 0.386 e. The number of aromatic amines is 1. The third-order valence-electron chi connectivity index (χ3n) is 7.56. The summed E-state index contributed by atoms with van der Waals surface area (Å²) in [6, 6.07) is 2.80. The highest BCUT2D eigenvalue weighted by Crippen LogP contribution is 2.54. The maximum absolute atomic E-state index is 15.9. The fourth-order valence-electron chi connectivity index (χ4n) is 5.51. The molecule has 10 atom stereocenters. The molecule has 25 heteroatoms. The van der Waals surface area contributed by atoms with Crippen LogP contribution in [0.1, 0.15) is 12.5 Å². The van der Waals surface area contributed by atoms with Crippen molar-refractivity contribution in [3.8, 4) is 0 Å². The highest BCUT2D eigenvalue weighted by Gasteiger charge is 2.54. The van der Waals surface area contributed by atoms with Crippen molar-refractivity contribution in [1.29, 1.82) is 0 Å². The van der Waals surface area contributed by atoms with Gasteiger partial charge in [-0.05, 0) is 23.7 Å². The first-order valence-electron chi connectivity index (χ1n) is 13.3. The minimum atomic E-state index is -5.17. The summed E-state index contributed by atoms with van der Waals surface area (Å²) in [7, 11) is -10.3. The Morgan fingerprint density at radius 2 is 1.60 bits per heavy atom. The van der Waals surface area contributed by atoms with Crippen molar-refractivity contribution in [2.24, 2.45) is 0 Å². The lowest BCUT2D eigenvalue weighted by molar-refractivity contribution is -0.0662. The standard InChI is InChI=1S/C22H21Cl3FN7O12P2/c23-6-1-8-9(2-7(6)24)33(21(25)29-8)20-14(34)16-11(43-20)4-41-46(36,37)44-15-10(3-40-47(38,39)45-16)42-19(12(15)26)32-5-28-13-17(32)30-22(27)31-18(13)35/h1-2,5,10-12,14-16,19-20,34H,3-4H2,(H,36,37)(H,38,39)(H3,27,30,31,35)/t10-,11-,12?,14?,15?,16?,19-,20-/m1/s1. The van der Waals surface area contributed by atoms with E-state index in [1.807, 2.05) is 0 Å². The molecular weight excluding hydrogens is 742 g/mol. The number of ether oxygens (including phenoxy) is 2. The van der Waals surface area contributed by atoms with Crippen molar-refractivity contribution in [2.45, 2.75) is 49.1 Å². The van der Waals surface area contributed by atoms with E-state index >= 15 is 4.39 Å². The molecule has 7 rings (SSSR count). The predicted molar refractivity (Wildman–Crippen MR) is 157 cm³/mol. The Morgan fingerprint density at radius 3 is 2.30 bits per heavy atom. The van der Waals surface area contributed by atoms with E-state index in [4.69, 9.17) is 68.1 Å². The number of nitrogens with two attached hydrogens (primary N) is 1. The molecule has 1 aromatic carbocycles. The summed E-state index contributed by atoms with van der Waals surface area (Å²) in [5.74, 6) is -0.316. The normalized spacial score (nSPS) is 36.7. The quantitative estimate of drug-likeness (QED) is 0.183. The molecule has 3 saturated heterocycles. The number of imidazole rings is 2. The van der Waals surface area contributed by atoms with Crippen LogP contribution in [-0.2, 0) is 36.7 Å². The van der Waals surface area contributed by atoms with Crippen molar-refractivity contribution in [3.63, 3.8) is 0 Å². The van der Waals surface area contributed by atoms with Crippen LogP contribution in [0.15, 0.2) is 23.3 Å². The summed E-state index contributed by atoms with van der Waals surface area (Å²) in [4.78, 5) is 47.6. The van der Waals surface area contributed by atoms with Crippen LogP contribution in [0.2, 0.25) is 15.3 Å². The van der Waals surface area contributed by atoms with Crippen molar-refractivity contribution < 1.29 is 56.0 Å². The van der Waals surface area contributed by atoms with Gasteiger partial charge in [-0.15, -0.1) is 0 Å². The second-order valence-corrected chi connectivity index (χ2v) is 14.5. The van der Waals surface area contributed by atoms with Gasteiger partial charge in [0.2, 0.25) is 11.2 Å². The van der Waals surface area contributed by atoms with Crippen LogP contribution >= 0.6 is 50.4 Å². The van der Waals surface area contributed by atoms with E-state index in [1.54, 1.807) is 0 Å². The molecule has 3 aromatic heterocycles. The van der Waals surface area contributed by atoms with Crippen molar-refractivity contribution in [1.82, 2.24) is 29.1 Å². The number of fused-ring (bicyclic) bond motifs is 4. The third-order valence-corrected chi connectivity index (χ3v) is 10.5. The van der Waals surface area contributed by atoms with Gasteiger partial charge in [0.1, 0.15) is 30.5 Å². The SMILES string of the molecule is Nc1nc2c(ncn2[C@@H]2O[C@@H]3COP(=O)(O)OC4C(O)[C@H](n5c(Cl)nc6cc(Cl)c(Cl)cc65)O[C@@H]4COP(=O)(O)OC3C2F)c(=O)[nH]1. The molecule has 0 radical (unpaired) electrons. The molecule has 3 aliphatic heterocycles.